The molecule has 0 unspecified atom stereocenters. The molecule has 4 aromatic heterocycles. The molecule has 32 heavy (non-hydrogen) atoms. The van der Waals surface area contributed by atoms with Crippen LogP contribution in [0.5, 0.6) is 0 Å². The molecular weight excluding hydrogens is 406 g/mol. The van der Waals surface area contributed by atoms with E-state index in [9.17, 15) is 0 Å². The van der Waals surface area contributed by atoms with Gasteiger partial charge in [-0.25, -0.2) is 19.5 Å². The Balaban J connectivity index is 1.41. The fraction of sp³-hybridized carbons (Fsp3) is 0.478. The molecule has 9 heteroatoms. The van der Waals surface area contributed by atoms with Crippen LogP contribution in [0.2, 0.25) is 0 Å². The summed E-state index contributed by atoms with van der Waals surface area (Å²) in [5.74, 6) is 1.58. The fourth-order valence-corrected chi connectivity index (χ4v) is 4.52. The number of methoxy groups -OCH3 is 2. The second-order valence-electron chi connectivity index (χ2n) is 8.34. The smallest absolute Gasteiger partial charge is 0.241 e. The van der Waals surface area contributed by atoms with Crippen LogP contribution in [0.25, 0.3) is 27.9 Å². The molecule has 0 bridgehead atoms. The quantitative estimate of drug-likeness (QED) is 0.475. The third-order valence-electron chi connectivity index (χ3n) is 6.34. The molecule has 1 aliphatic rings. The molecule has 4 aromatic rings. The Hall–Kier alpha value is -3.04. The summed E-state index contributed by atoms with van der Waals surface area (Å²) >= 11 is 0. The van der Waals surface area contributed by atoms with E-state index in [0.717, 1.165) is 66.0 Å². The molecule has 1 saturated carbocycles. The Morgan fingerprint density at radius 3 is 2.72 bits per heavy atom. The molecule has 0 radical (unpaired) electrons. The average Bonchev–Trinajstić information content (AvgIpc) is 3.37. The average molecular weight is 436 g/mol. The lowest BCUT2D eigenvalue weighted by Gasteiger charge is -2.28. The van der Waals surface area contributed by atoms with Gasteiger partial charge in [0.1, 0.15) is 11.3 Å². The Kier molecular flexibility index (Phi) is 5.75. The molecular formula is C23H29N7O2. The van der Waals surface area contributed by atoms with Crippen molar-refractivity contribution in [2.24, 2.45) is 0 Å². The van der Waals surface area contributed by atoms with E-state index >= 15 is 0 Å². The first-order valence-electron chi connectivity index (χ1n) is 11.1. The highest BCUT2D eigenvalue weighted by molar-refractivity contribution is 5.82. The first-order chi connectivity index (χ1) is 15.7. The first-order valence-corrected chi connectivity index (χ1v) is 11.1. The van der Waals surface area contributed by atoms with Crippen molar-refractivity contribution < 1.29 is 9.47 Å². The molecule has 168 valence electrons. The molecule has 0 aromatic carbocycles. The Bertz CT molecular complexity index is 1220. The van der Waals surface area contributed by atoms with Gasteiger partial charge in [0.25, 0.3) is 0 Å². The SMILES string of the molecule is COCCn1c(C)nc2ccc(-c3ccn4nc(N[C@H]5CC[C@@H](OC)CC5)ncc34)nc21. The highest BCUT2D eigenvalue weighted by atomic mass is 16.5. The lowest BCUT2D eigenvalue weighted by Crippen LogP contribution is -2.30. The third-order valence-corrected chi connectivity index (χ3v) is 6.34. The number of anilines is 1. The number of nitrogens with one attached hydrogen (secondary N) is 1. The van der Waals surface area contributed by atoms with Crippen molar-refractivity contribution in [2.45, 2.75) is 51.3 Å². The number of hydrogen-bond donors (Lipinski definition) is 1. The van der Waals surface area contributed by atoms with Gasteiger partial charge in [-0.3, -0.25) is 0 Å². The number of fused-ring (bicyclic) bond motifs is 2. The number of rotatable bonds is 7. The van der Waals surface area contributed by atoms with Gasteiger partial charge in [-0.05, 0) is 50.8 Å². The van der Waals surface area contributed by atoms with Crippen LogP contribution in [0.4, 0.5) is 5.95 Å². The zero-order chi connectivity index (χ0) is 22.1. The van der Waals surface area contributed by atoms with Gasteiger partial charge in [0.2, 0.25) is 5.95 Å². The maximum atomic E-state index is 5.47. The first kappa shape index (κ1) is 20.8. The molecule has 0 spiro atoms. The summed E-state index contributed by atoms with van der Waals surface area (Å²) in [5.41, 5.74) is 4.54. The van der Waals surface area contributed by atoms with Crippen molar-refractivity contribution in [1.29, 1.82) is 0 Å². The lowest BCUT2D eigenvalue weighted by molar-refractivity contribution is 0.0681. The lowest BCUT2D eigenvalue weighted by atomic mass is 9.93. The summed E-state index contributed by atoms with van der Waals surface area (Å²) in [6.07, 6.45) is 8.47. The second-order valence-corrected chi connectivity index (χ2v) is 8.34. The van der Waals surface area contributed by atoms with Crippen LogP contribution in [0.1, 0.15) is 31.5 Å². The maximum Gasteiger partial charge on any atom is 0.241 e. The Morgan fingerprint density at radius 1 is 1.09 bits per heavy atom. The summed E-state index contributed by atoms with van der Waals surface area (Å²) in [4.78, 5) is 14.1. The van der Waals surface area contributed by atoms with Crippen molar-refractivity contribution in [3.05, 3.63) is 36.4 Å². The van der Waals surface area contributed by atoms with E-state index in [1.165, 1.54) is 0 Å². The minimum atomic E-state index is 0.378. The molecule has 1 aliphatic carbocycles. The minimum absolute atomic E-state index is 0.378. The highest BCUT2D eigenvalue weighted by Crippen LogP contribution is 2.27. The number of aromatic nitrogens is 6. The molecule has 9 nitrogen and oxygen atoms in total. The molecule has 0 amide bonds. The topological polar surface area (TPSA) is 91.4 Å². The van der Waals surface area contributed by atoms with Crippen molar-refractivity contribution in [1.82, 2.24) is 29.1 Å². The fourth-order valence-electron chi connectivity index (χ4n) is 4.52. The molecule has 5 rings (SSSR count). The van der Waals surface area contributed by atoms with Crippen LogP contribution < -0.4 is 5.32 Å². The van der Waals surface area contributed by atoms with E-state index in [1.54, 1.807) is 14.2 Å². The van der Waals surface area contributed by atoms with Crippen LogP contribution in [0.15, 0.2) is 30.6 Å². The highest BCUT2D eigenvalue weighted by Gasteiger charge is 2.21. The van der Waals surface area contributed by atoms with E-state index in [-0.39, 0.29) is 0 Å². The largest absolute Gasteiger partial charge is 0.383 e. The van der Waals surface area contributed by atoms with Crippen LogP contribution in [-0.4, -0.2) is 62.1 Å². The van der Waals surface area contributed by atoms with Crippen LogP contribution in [0, 0.1) is 6.92 Å². The summed E-state index contributed by atoms with van der Waals surface area (Å²) in [5, 5.41) is 8.16. The van der Waals surface area contributed by atoms with E-state index in [4.69, 9.17) is 14.5 Å². The summed E-state index contributed by atoms with van der Waals surface area (Å²) in [6.45, 7) is 3.33. The van der Waals surface area contributed by atoms with Gasteiger partial charge in [-0.2, -0.15) is 0 Å². The molecule has 0 saturated heterocycles. The van der Waals surface area contributed by atoms with Gasteiger partial charge in [0.05, 0.1) is 30.1 Å². The molecule has 1 N–H and O–H groups in total. The number of imidazole rings is 1. The van der Waals surface area contributed by atoms with Crippen molar-refractivity contribution in [3.63, 3.8) is 0 Å². The van der Waals surface area contributed by atoms with Crippen LogP contribution >= 0.6 is 0 Å². The van der Waals surface area contributed by atoms with E-state index < -0.39 is 0 Å². The zero-order valence-corrected chi connectivity index (χ0v) is 18.8. The third kappa shape index (κ3) is 3.93. The number of pyridine rings is 1. The summed E-state index contributed by atoms with van der Waals surface area (Å²) < 4.78 is 14.7. The van der Waals surface area contributed by atoms with Crippen LogP contribution in [0.3, 0.4) is 0 Å². The molecule has 0 aliphatic heterocycles. The van der Waals surface area contributed by atoms with Crippen LogP contribution in [-0.2, 0) is 16.0 Å². The monoisotopic (exact) mass is 435 g/mol. The zero-order valence-electron chi connectivity index (χ0n) is 18.8. The van der Waals surface area contributed by atoms with Crippen molar-refractivity contribution in [2.75, 3.05) is 26.1 Å². The predicted molar refractivity (Wildman–Crippen MR) is 123 cm³/mol. The van der Waals surface area contributed by atoms with Gasteiger partial charge in [-0.1, -0.05) is 0 Å². The molecule has 4 heterocycles. The predicted octanol–water partition coefficient (Wildman–Crippen LogP) is 3.47. The van der Waals surface area contributed by atoms with E-state index in [0.29, 0.717) is 24.7 Å². The second kappa shape index (κ2) is 8.84. The number of ether oxygens (including phenoxy) is 2. The van der Waals surface area contributed by atoms with Gasteiger partial charge in [0, 0.05) is 38.6 Å². The standard InChI is InChI=1S/C23H29N7O2/c1-15-25-20-9-8-19(27-22(20)29(15)12-13-31-2)18-10-11-30-21(18)14-24-23(28-30)26-16-4-6-17(32-3)7-5-16/h8-11,14,16-17H,4-7,12-13H2,1-3H3,(H,26,28)/t16-,17+. The Labute approximate surface area is 186 Å². The van der Waals surface area contributed by atoms with Gasteiger partial charge in [-0.15, -0.1) is 5.10 Å². The summed E-state index contributed by atoms with van der Waals surface area (Å²) in [7, 11) is 3.49. The summed E-state index contributed by atoms with van der Waals surface area (Å²) in [6, 6.07) is 6.44. The molecule has 1 fully saturated rings. The van der Waals surface area contributed by atoms with E-state index in [2.05, 4.69) is 25.0 Å². The number of nitrogens with zero attached hydrogens (tertiary/aromatic N) is 6. The Morgan fingerprint density at radius 2 is 1.94 bits per heavy atom. The van der Waals surface area contributed by atoms with Gasteiger partial charge >= 0.3 is 0 Å². The number of aryl methyl sites for hydroxylation is 1. The number of hydrogen-bond acceptors (Lipinski definition) is 7. The normalized spacial score (nSPS) is 19.1. The minimum Gasteiger partial charge on any atom is -0.383 e. The van der Waals surface area contributed by atoms with Crippen molar-refractivity contribution >= 4 is 22.6 Å². The van der Waals surface area contributed by atoms with Gasteiger partial charge in [0.15, 0.2) is 5.65 Å². The van der Waals surface area contributed by atoms with Gasteiger partial charge < -0.3 is 19.4 Å². The van der Waals surface area contributed by atoms with Crippen molar-refractivity contribution in [3.8, 4) is 11.3 Å². The van der Waals surface area contributed by atoms with E-state index in [1.807, 2.05) is 42.0 Å². The maximum absolute atomic E-state index is 5.47. The molecule has 0 atom stereocenters.